The number of nitrogens with zero attached hydrogens (tertiary/aromatic N) is 1. The van der Waals surface area contributed by atoms with E-state index in [0.29, 0.717) is 17.9 Å². The summed E-state index contributed by atoms with van der Waals surface area (Å²) in [6, 6.07) is 22.7. The van der Waals surface area contributed by atoms with Gasteiger partial charge < -0.3 is 4.98 Å². The topological polar surface area (TPSA) is 53.2 Å². The molecule has 2 heterocycles. The van der Waals surface area contributed by atoms with Gasteiger partial charge >= 0.3 is 0 Å². The first-order chi connectivity index (χ1) is 14.5. The second kappa shape index (κ2) is 7.38. The van der Waals surface area contributed by atoms with Crippen molar-refractivity contribution in [1.29, 1.82) is 0 Å². The van der Waals surface area contributed by atoms with Crippen molar-refractivity contribution < 1.29 is 8.42 Å². The average Bonchev–Trinajstić information content (AvgIpc) is 3.13. The quantitative estimate of drug-likeness (QED) is 0.416. The minimum absolute atomic E-state index is 0.327. The third kappa shape index (κ3) is 3.11. The lowest BCUT2D eigenvalue weighted by Crippen LogP contribution is -2.40. The lowest BCUT2D eigenvalue weighted by molar-refractivity contribution is 0.343. The van der Waals surface area contributed by atoms with Crippen LogP contribution in [0.1, 0.15) is 28.4 Å². The highest BCUT2D eigenvalue weighted by atomic mass is 79.9. The molecule has 1 aliphatic rings. The molecule has 0 radical (unpaired) electrons. The van der Waals surface area contributed by atoms with E-state index in [0.717, 1.165) is 37.8 Å². The third-order valence-electron chi connectivity index (χ3n) is 5.80. The molecule has 1 atom stereocenters. The number of para-hydroxylation sites is 1. The van der Waals surface area contributed by atoms with Crippen LogP contribution in [-0.4, -0.2) is 24.3 Å². The van der Waals surface area contributed by atoms with Gasteiger partial charge in [0.1, 0.15) is 0 Å². The van der Waals surface area contributed by atoms with Crippen molar-refractivity contribution in [3.05, 3.63) is 99.7 Å². The van der Waals surface area contributed by atoms with E-state index in [-0.39, 0.29) is 0 Å². The lowest BCUT2D eigenvalue weighted by Gasteiger charge is -2.36. The van der Waals surface area contributed by atoms with Crippen LogP contribution in [0.4, 0.5) is 0 Å². The highest BCUT2D eigenvalue weighted by Gasteiger charge is 2.40. The number of benzene rings is 3. The fourth-order valence-electron chi connectivity index (χ4n) is 4.34. The van der Waals surface area contributed by atoms with Gasteiger partial charge in [0.05, 0.1) is 10.9 Å². The predicted molar refractivity (Wildman–Crippen MR) is 123 cm³/mol. The zero-order chi connectivity index (χ0) is 20.9. The van der Waals surface area contributed by atoms with Gasteiger partial charge in [-0.05, 0) is 36.8 Å². The van der Waals surface area contributed by atoms with Crippen LogP contribution in [-0.2, 0) is 16.4 Å². The van der Waals surface area contributed by atoms with E-state index in [4.69, 9.17) is 0 Å². The standard InChI is InChI=1S/C24H21BrN2O2S/c1-16-10-12-17(13-11-16)30(28,29)27-15-14-22-23(19-7-3-5-9-21(19)26-22)24(27)18-6-2-4-8-20(18)25/h2-13,24,26H,14-15H2,1H3. The van der Waals surface area contributed by atoms with Crippen molar-refractivity contribution in [2.75, 3.05) is 6.54 Å². The van der Waals surface area contributed by atoms with Crippen LogP contribution in [0, 0.1) is 6.92 Å². The van der Waals surface area contributed by atoms with Gasteiger partial charge in [-0.15, -0.1) is 0 Å². The molecule has 0 fully saturated rings. The van der Waals surface area contributed by atoms with Gasteiger partial charge in [0.2, 0.25) is 10.0 Å². The van der Waals surface area contributed by atoms with E-state index in [1.54, 1.807) is 16.4 Å². The molecule has 0 amide bonds. The smallest absolute Gasteiger partial charge is 0.243 e. The SMILES string of the molecule is Cc1ccc(S(=O)(=O)N2CCc3[nH]c4ccccc4c3C2c2ccccc2Br)cc1. The summed E-state index contributed by atoms with van der Waals surface area (Å²) >= 11 is 3.66. The highest BCUT2D eigenvalue weighted by Crippen LogP contribution is 2.44. The normalized spacial score (nSPS) is 17.2. The van der Waals surface area contributed by atoms with Gasteiger partial charge in [0, 0.05) is 39.6 Å². The molecule has 3 aromatic carbocycles. The molecule has 0 saturated carbocycles. The minimum atomic E-state index is -3.68. The van der Waals surface area contributed by atoms with E-state index in [1.807, 2.05) is 61.5 Å². The van der Waals surface area contributed by atoms with Gasteiger partial charge in [-0.3, -0.25) is 0 Å². The Kier molecular flexibility index (Phi) is 4.81. The molecule has 1 aromatic heterocycles. The van der Waals surface area contributed by atoms with E-state index < -0.39 is 16.1 Å². The fraction of sp³-hybridized carbons (Fsp3) is 0.167. The first-order valence-corrected chi connectivity index (χ1v) is 12.1. The zero-order valence-corrected chi connectivity index (χ0v) is 18.9. The number of aromatic nitrogens is 1. The van der Waals surface area contributed by atoms with Gasteiger partial charge in [-0.2, -0.15) is 4.31 Å². The van der Waals surface area contributed by atoms with Crippen LogP contribution in [0.15, 0.2) is 82.2 Å². The third-order valence-corrected chi connectivity index (χ3v) is 8.40. The number of hydrogen-bond acceptors (Lipinski definition) is 2. The number of fused-ring (bicyclic) bond motifs is 3. The molecule has 30 heavy (non-hydrogen) atoms. The molecule has 1 aliphatic heterocycles. The van der Waals surface area contributed by atoms with Crippen molar-refractivity contribution in [3.63, 3.8) is 0 Å². The number of aryl methyl sites for hydroxylation is 1. The number of rotatable bonds is 3. The van der Waals surface area contributed by atoms with Crippen LogP contribution >= 0.6 is 15.9 Å². The van der Waals surface area contributed by atoms with E-state index in [9.17, 15) is 8.42 Å². The number of halogens is 1. The van der Waals surface area contributed by atoms with Crippen molar-refractivity contribution in [1.82, 2.24) is 9.29 Å². The van der Waals surface area contributed by atoms with Crippen molar-refractivity contribution in [2.45, 2.75) is 24.3 Å². The molecule has 1 unspecified atom stereocenters. The summed E-state index contributed by atoms with van der Waals surface area (Å²) in [6.45, 7) is 2.38. The summed E-state index contributed by atoms with van der Waals surface area (Å²) in [5.41, 5.74) is 5.16. The second-order valence-corrected chi connectivity index (χ2v) is 10.4. The number of hydrogen-bond donors (Lipinski definition) is 1. The molecular weight excluding hydrogens is 460 g/mol. The minimum Gasteiger partial charge on any atom is -0.358 e. The molecule has 5 rings (SSSR count). The van der Waals surface area contributed by atoms with Crippen LogP contribution in [0.2, 0.25) is 0 Å². The summed E-state index contributed by atoms with van der Waals surface area (Å²) < 4.78 is 30.1. The number of aromatic amines is 1. The largest absolute Gasteiger partial charge is 0.358 e. The Morgan fingerprint density at radius 1 is 0.967 bits per heavy atom. The first kappa shape index (κ1) is 19.5. The second-order valence-electron chi connectivity index (χ2n) is 7.67. The first-order valence-electron chi connectivity index (χ1n) is 9.89. The predicted octanol–water partition coefficient (Wildman–Crippen LogP) is 5.58. The Labute approximate surface area is 184 Å². The van der Waals surface area contributed by atoms with E-state index in [2.05, 4.69) is 27.0 Å². The van der Waals surface area contributed by atoms with E-state index in [1.165, 1.54) is 0 Å². The fourth-order valence-corrected chi connectivity index (χ4v) is 6.42. The molecule has 0 saturated heterocycles. The number of nitrogens with one attached hydrogen (secondary N) is 1. The maximum Gasteiger partial charge on any atom is 0.243 e. The molecule has 152 valence electrons. The molecule has 4 aromatic rings. The number of sulfonamides is 1. The molecule has 1 N–H and O–H groups in total. The number of H-pyrrole nitrogens is 1. The zero-order valence-electron chi connectivity index (χ0n) is 16.5. The summed E-state index contributed by atoms with van der Waals surface area (Å²) in [6.07, 6.45) is 0.649. The monoisotopic (exact) mass is 480 g/mol. The Hall–Kier alpha value is -2.41. The van der Waals surface area contributed by atoms with Crippen LogP contribution in [0.25, 0.3) is 10.9 Å². The maximum absolute atomic E-state index is 13.8. The van der Waals surface area contributed by atoms with Crippen molar-refractivity contribution in [3.8, 4) is 0 Å². The molecule has 4 nitrogen and oxygen atoms in total. The Morgan fingerprint density at radius 2 is 1.67 bits per heavy atom. The van der Waals surface area contributed by atoms with Crippen LogP contribution in [0.3, 0.4) is 0 Å². The Bertz CT molecular complexity index is 1340. The van der Waals surface area contributed by atoms with Crippen molar-refractivity contribution in [2.24, 2.45) is 0 Å². The van der Waals surface area contributed by atoms with Crippen LogP contribution < -0.4 is 0 Å². The van der Waals surface area contributed by atoms with Gasteiger partial charge in [-0.1, -0.05) is 70.0 Å². The molecule has 0 spiro atoms. The summed E-state index contributed by atoms with van der Waals surface area (Å²) in [7, 11) is -3.68. The molecule has 0 aliphatic carbocycles. The average molecular weight is 481 g/mol. The van der Waals surface area contributed by atoms with Gasteiger partial charge in [0.15, 0.2) is 0 Å². The lowest BCUT2D eigenvalue weighted by atomic mass is 9.92. The van der Waals surface area contributed by atoms with Crippen LogP contribution in [0.5, 0.6) is 0 Å². The Balaban J connectivity index is 1.75. The van der Waals surface area contributed by atoms with E-state index >= 15 is 0 Å². The molecular formula is C24H21BrN2O2S. The summed E-state index contributed by atoms with van der Waals surface area (Å²) in [5, 5.41) is 1.07. The molecule has 0 bridgehead atoms. The van der Waals surface area contributed by atoms with Gasteiger partial charge in [0.25, 0.3) is 0 Å². The van der Waals surface area contributed by atoms with Gasteiger partial charge in [-0.25, -0.2) is 8.42 Å². The highest BCUT2D eigenvalue weighted by molar-refractivity contribution is 9.10. The van der Waals surface area contributed by atoms with Crippen molar-refractivity contribution >= 4 is 36.9 Å². The summed E-state index contributed by atoms with van der Waals surface area (Å²) in [4.78, 5) is 3.84. The molecule has 6 heteroatoms. The Morgan fingerprint density at radius 3 is 2.43 bits per heavy atom. The summed E-state index contributed by atoms with van der Waals surface area (Å²) in [5.74, 6) is 0. The maximum atomic E-state index is 13.8.